The van der Waals surface area contributed by atoms with Crippen molar-refractivity contribution in [3.05, 3.63) is 28.8 Å². The maximum Gasteiger partial charge on any atom is 0.405 e. The minimum Gasteiger partial charge on any atom is -0.465 e. The molecule has 19 heavy (non-hydrogen) atoms. The van der Waals surface area contributed by atoms with Crippen molar-refractivity contribution in [1.29, 1.82) is 0 Å². The van der Waals surface area contributed by atoms with Gasteiger partial charge >= 0.3 is 6.09 Å². The van der Waals surface area contributed by atoms with Gasteiger partial charge in [0.15, 0.2) is 0 Å². The third-order valence-corrected chi connectivity index (χ3v) is 3.75. The Balaban J connectivity index is 2.11. The summed E-state index contributed by atoms with van der Waals surface area (Å²) in [6, 6.07) is 6.22. The number of thiazole rings is 1. The number of rotatable bonds is 5. The summed E-state index contributed by atoms with van der Waals surface area (Å²) >= 11 is 1.54. The molecule has 5 nitrogen and oxygen atoms in total. The first-order valence-electron chi connectivity index (χ1n) is 6.04. The second-order valence-corrected chi connectivity index (χ2v) is 5.74. The Labute approximate surface area is 115 Å². The zero-order valence-corrected chi connectivity index (χ0v) is 11.8. The predicted molar refractivity (Wildman–Crippen MR) is 76.7 cm³/mol. The molecule has 2 aromatic rings. The molecule has 0 unspecified atom stereocenters. The molecule has 0 aliphatic heterocycles. The quantitative estimate of drug-likeness (QED) is 0.880. The highest BCUT2D eigenvalue weighted by molar-refractivity contribution is 7.18. The maximum absolute atomic E-state index is 10.5. The van der Waals surface area contributed by atoms with Gasteiger partial charge in [0.2, 0.25) is 0 Å². The maximum atomic E-state index is 10.5. The number of benzene rings is 1. The molecule has 0 spiro atoms. The zero-order valence-electron chi connectivity index (χ0n) is 11.0. The van der Waals surface area contributed by atoms with Crippen molar-refractivity contribution in [2.24, 2.45) is 0 Å². The smallest absolute Gasteiger partial charge is 0.405 e. The molecular formula is C13H17N3O2S. The number of carboxylic acid groups (broad SMARTS) is 1. The number of nitrogens with one attached hydrogen (secondary N) is 1. The first kappa shape index (κ1) is 13.8. The molecule has 0 aliphatic rings. The summed E-state index contributed by atoms with van der Waals surface area (Å²) < 4.78 is 1.11. The lowest BCUT2D eigenvalue weighted by Crippen LogP contribution is -2.19. The molecular weight excluding hydrogens is 262 g/mol. The van der Waals surface area contributed by atoms with Crippen LogP contribution in [0.15, 0.2) is 18.2 Å². The number of hydrogen-bond acceptors (Lipinski definition) is 4. The van der Waals surface area contributed by atoms with Crippen molar-refractivity contribution in [3.8, 4) is 0 Å². The van der Waals surface area contributed by atoms with Crippen molar-refractivity contribution < 1.29 is 9.90 Å². The van der Waals surface area contributed by atoms with Crippen LogP contribution in [0.4, 0.5) is 4.79 Å². The molecule has 102 valence electrons. The topological polar surface area (TPSA) is 65.5 Å². The Morgan fingerprint density at radius 2 is 2.26 bits per heavy atom. The van der Waals surface area contributed by atoms with Gasteiger partial charge in [-0.05, 0) is 38.2 Å². The van der Waals surface area contributed by atoms with E-state index in [1.54, 1.807) is 0 Å². The fourth-order valence-electron chi connectivity index (χ4n) is 1.75. The van der Waals surface area contributed by atoms with Gasteiger partial charge in [0.05, 0.1) is 16.8 Å². The molecule has 0 atom stereocenters. The molecule has 0 radical (unpaired) electrons. The minimum absolute atomic E-state index is 0.266. The van der Waals surface area contributed by atoms with E-state index in [4.69, 9.17) is 5.11 Å². The van der Waals surface area contributed by atoms with Crippen LogP contribution in [-0.2, 0) is 13.0 Å². The van der Waals surface area contributed by atoms with Gasteiger partial charge in [-0.15, -0.1) is 11.3 Å². The van der Waals surface area contributed by atoms with E-state index in [0.717, 1.165) is 28.2 Å². The number of likely N-dealkylation sites (N-methyl/N-ethyl adjacent to an activating group) is 1. The summed E-state index contributed by atoms with van der Waals surface area (Å²) in [6.07, 6.45) is -0.0188. The van der Waals surface area contributed by atoms with Crippen LogP contribution in [0.2, 0.25) is 0 Å². The van der Waals surface area contributed by atoms with E-state index in [0.29, 0.717) is 0 Å². The summed E-state index contributed by atoms with van der Waals surface area (Å²) in [4.78, 5) is 17.0. The van der Waals surface area contributed by atoms with Crippen LogP contribution >= 0.6 is 11.3 Å². The predicted octanol–water partition coefficient (Wildman–Crippen LogP) is 2.17. The van der Waals surface area contributed by atoms with Crippen LogP contribution in [0.5, 0.6) is 0 Å². The largest absolute Gasteiger partial charge is 0.465 e. The van der Waals surface area contributed by atoms with Gasteiger partial charge < -0.3 is 15.3 Å². The number of aromatic nitrogens is 1. The lowest BCUT2D eigenvalue weighted by Gasteiger charge is -2.08. The third kappa shape index (κ3) is 3.90. The normalized spacial score (nSPS) is 11.1. The van der Waals surface area contributed by atoms with Crippen LogP contribution in [0.3, 0.4) is 0 Å². The third-order valence-electron chi connectivity index (χ3n) is 2.74. The van der Waals surface area contributed by atoms with Crippen LogP contribution in [0.25, 0.3) is 10.2 Å². The van der Waals surface area contributed by atoms with Crippen LogP contribution in [0.1, 0.15) is 10.6 Å². The Hall–Kier alpha value is -1.66. The van der Waals surface area contributed by atoms with E-state index in [1.807, 2.05) is 6.07 Å². The highest BCUT2D eigenvalue weighted by Crippen LogP contribution is 2.23. The van der Waals surface area contributed by atoms with Crippen molar-refractivity contribution >= 4 is 27.6 Å². The fourth-order valence-corrected chi connectivity index (χ4v) is 2.72. The van der Waals surface area contributed by atoms with Crippen molar-refractivity contribution in [2.75, 3.05) is 20.6 Å². The molecule has 1 heterocycles. The van der Waals surface area contributed by atoms with Gasteiger partial charge in [-0.1, -0.05) is 6.07 Å². The number of fused-ring (bicyclic) bond motifs is 1. The molecule has 0 fully saturated rings. The standard InChI is InChI=1S/C13H17N3O2S/c1-16(2)6-5-9-3-4-10-11(7-9)19-12(15-10)8-14-13(17)18/h3-4,7,14H,5-6,8H2,1-2H3,(H,17,18). The highest BCUT2D eigenvalue weighted by Gasteiger charge is 2.06. The Morgan fingerprint density at radius 3 is 2.95 bits per heavy atom. The van der Waals surface area contributed by atoms with E-state index in [2.05, 4.69) is 41.4 Å². The minimum atomic E-state index is -1.02. The monoisotopic (exact) mass is 279 g/mol. The molecule has 1 aromatic heterocycles. The van der Waals surface area contributed by atoms with Crippen molar-refractivity contribution in [1.82, 2.24) is 15.2 Å². The molecule has 0 saturated heterocycles. The highest BCUT2D eigenvalue weighted by atomic mass is 32.1. The number of hydrogen-bond donors (Lipinski definition) is 2. The van der Waals surface area contributed by atoms with Crippen molar-refractivity contribution in [2.45, 2.75) is 13.0 Å². The Morgan fingerprint density at radius 1 is 1.47 bits per heavy atom. The fraction of sp³-hybridized carbons (Fsp3) is 0.385. The molecule has 6 heteroatoms. The molecule has 1 amide bonds. The average Bonchev–Trinajstić information content (AvgIpc) is 2.75. The van der Waals surface area contributed by atoms with Crippen molar-refractivity contribution in [3.63, 3.8) is 0 Å². The first-order chi connectivity index (χ1) is 9.04. The molecule has 0 aliphatic carbocycles. The first-order valence-corrected chi connectivity index (χ1v) is 6.86. The van der Waals surface area contributed by atoms with Crippen LogP contribution in [0, 0.1) is 0 Å². The number of carbonyl (C=O) groups is 1. The van der Waals surface area contributed by atoms with Gasteiger partial charge in [0.25, 0.3) is 0 Å². The molecule has 2 N–H and O–H groups in total. The summed E-state index contributed by atoms with van der Waals surface area (Å²) in [5, 5.41) is 11.7. The average molecular weight is 279 g/mol. The van der Waals surface area contributed by atoms with E-state index in [-0.39, 0.29) is 6.54 Å². The molecule has 1 aromatic carbocycles. The van der Waals surface area contributed by atoms with Crippen LogP contribution < -0.4 is 5.32 Å². The van der Waals surface area contributed by atoms with E-state index in [9.17, 15) is 4.79 Å². The Bertz CT molecular complexity index is 580. The Kier molecular flexibility index (Phi) is 4.34. The second-order valence-electron chi connectivity index (χ2n) is 4.62. The van der Waals surface area contributed by atoms with E-state index >= 15 is 0 Å². The lowest BCUT2D eigenvalue weighted by molar-refractivity contribution is 0.194. The summed E-state index contributed by atoms with van der Waals surface area (Å²) in [6.45, 7) is 1.28. The molecule has 0 saturated carbocycles. The summed E-state index contributed by atoms with van der Waals surface area (Å²) in [5.41, 5.74) is 2.21. The number of amides is 1. The van der Waals surface area contributed by atoms with Gasteiger partial charge in [-0.2, -0.15) is 0 Å². The molecule has 0 bridgehead atoms. The summed E-state index contributed by atoms with van der Waals surface area (Å²) in [5.74, 6) is 0. The van der Waals surface area contributed by atoms with Gasteiger partial charge in [-0.25, -0.2) is 9.78 Å². The lowest BCUT2D eigenvalue weighted by atomic mass is 10.1. The second kappa shape index (κ2) is 5.99. The van der Waals surface area contributed by atoms with E-state index < -0.39 is 6.09 Å². The van der Waals surface area contributed by atoms with E-state index in [1.165, 1.54) is 16.9 Å². The SMILES string of the molecule is CN(C)CCc1ccc2nc(CNC(=O)O)sc2c1. The summed E-state index contributed by atoms with van der Waals surface area (Å²) in [7, 11) is 4.11. The van der Waals surface area contributed by atoms with Gasteiger partial charge in [-0.3, -0.25) is 0 Å². The number of nitrogens with zero attached hydrogens (tertiary/aromatic N) is 2. The zero-order chi connectivity index (χ0) is 13.8. The molecule has 2 rings (SSSR count). The van der Waals surface area contributed by atoms with Gasteiger partial charge in [0, 0.05) is 6.54 Å². The van der Waals surface area contributed by atoms with Crippen LogP contribution in [-0.4, -0.2) is 41.7 Å². The van der Waals surface area contributed by atoms with Gasteiger partial charge in [0.1, 0.15) is 5.01 Å².